The molecular weight excluding hydrogens is 206 g/mol. The van der Waals surface area contributed by atoms with Crippen LogP contribution in [0.1, 0.15) is 33.6 Å². The summed E-state index contributed by atoms with van der Waals surface area (Å²) in [5.74, 6) is -0.0509. The number of amides is 1. The lowest BCUT2D eigenvalue weighted by Crippen LogP contribution is -2.29. The van der Waals surface area contributed by atoms with Gasteiger partial charge in [-0.25, -0.2) is 0 Å². The van der Waals surface area contributed by atoms with E-state index in [0.717, 1.165) is 19.4 Å². The monoisotopic (exact) mass is 231 g/mol. The highest BCUT2D eigenvalue weighted by atomic mass is 16.5. The minimum atomic E-state index is -0.0509. The zero-order valence-electron chi connectivity index (χ0n) is 11.0. The molecule has 0 unspecified atom stereocenters. The van der Waals surface area contributed by atoms with Crippen molar-refractivity contribution in [3.8, 4) is 0 Å². The number of hydrogen-bond acceptors (Lipinski definition) is 3. The molecule has 4 heteroatoms. The first-order valence-corrected chi connectivity index (χ1v) is 5.79. The van der Waals surface area contributed by atoms with Gasteiger partial charge in [0.2, 0.25) is 5.91 Å². The van der Waals surface area contributed by atoms with Crippen LogP contribution in [0.2, 0.25) is 0 Å². The van der Waals surface area contributed by atoms with Crippen molar-refractivity contribution in [1.82, 2.24) is 5.32 Å². The number of rotatable bonds is 8. The van der Waals surface area contributed by atoms with Crippen LogP contribution in [0.5, 0.6) is 0 Å². The van der Waals surface area contributed by atoms with E-state index in [1.807, 2.05) is 0 Å². The maximum Gasteiger partial charge on any atom is 0.245 e. The Labute approximate surface area is 98.7 Å². The van der Waals surface area contributed by atoms with E-state index < -0.39 is 0 Å². The van der Waals surface area contributed by atoms with Crippen LogP contribution < -0.4 is 5.32 Å². The number of carbonyl (C=O) groups is 1. The van der Waals surface area contributed by atoms with Crippen LogP contribution in [0.25, 0.3) is 0 Å². The molecule has 4 nitrogen and oxygen atoms in total. The van der Waals surface area contributed by atoms with E-state index in [2.05, 4.69) is 26.1 Å². The normalized spacial score (nSPS) is 11.5. The first-order chi connectivity index (χ1) is 7.45. The number of hydrogen-bond donors (Lipinski definition) is 1. The van der Waals surface area contributed by atoms with Crippen molar-refractivity contribution in [2.24, 2.45) is 5.41 Å². The minimum Gasteiger partial charge on any atom is -0.382 e. The lowest BCUT2D eigenvalue weighted by molar-refractivity contribution is -0.126. The Morgan fingerprint density at radius 3 is 2.50 bits per heavy atom. The number of nitrogens with one attached hydrogen (secondary N) is 1. The summed E-state index contributed by atoms with van der Waals surface area (Å²) in [6, 6.07) is 0. The van der Waals surface area contributed by atoms with Gasteiger partial charge in [-0.05, 0) is 18.3 Å². The zero-order valence-corrected chi connectivity index (χ0v) is 11.0. The number of carbonyl (C=O) groups excluding carboxylic acids is 1. The highest BCUT2D eigenvalue weighted by Gasteiger charge is 2.09. The lowest BCUT2D eigenvalue weighted by atomic mass is 9.91. The molecule has 0 aliphatic heterocycles. The standard InChI is InChI=1S/C12H25NO3/c1-12(2,3)6-5-7-13-11(14)10-16-9-8-15-4/h5-10H2,1-4H3,(H,13,14). The van der Waals surface area contributed by atoms with Gasteiger partial charge in [-0.1, -0.05) is 20.8 Å². The molecule has 0 saturated heterocycles. The second kappa shape index (κ2) is 8.53. The van der Waals surface area contributed by atoms with E-state index in [4.69, 9.17) is 9.47 Å². The average Bonchev–Trinajstić information content (AvgIpc) is 2.18. The molecule has 0 fully saturated rings. The van der Waals surface area contributed by atoms with E-state index in [1.165, 1.54) is 0 Å². The summed E-state index contributed by atoms with van der Waals surface area (Å²) in [6.45, 7) is 8.43. The predicted octanol–water partition coefficient (Wildman–Crippen LogP) is 1.59. The molecule has 1 N–H and O–H groups in total. The molecule has 0 aliphatic carbocycles. The minimum absolute atomic E-state index is 0.0509. The summed E-state index contributed by atoms with van der Waals surface area (Å²) in [6.07, 6.45) is 2.12. The smallest absolute Gasteiger partial charge is 0.245 e. The third kappa shape index (κ3) is 11.5. The van der Waals surface area contributed by atoms with Gasteiger partial charge in [0.15, 0.2) is 0 Å². The van der Waals surface area contributed by atoms with Crippen LogP contribution in [0, 0.1) is 5.41 Å². The number of ether oxygens (including phenoxy) is 2. The van der Waals surface area contributed by atoms with Crippen LogP contribution in [-0.4, -0.2) is 39.4 Å². The summed E-state index contributed by atoms with van der Waals surface area (Å²) < 4.78 is 9.90. The van der Waals surface area contributed by atoms with Crippen LogP contribution in [0.15, 0.2) is 0 Å². The molecule has 0 heterocycles. The molecule has 0 rings (SSSR count). The summed E-state index contributed by atoms with van der Waals surface area (Å²) in [4.78, 5) is 11.3. The van der Waals surface area contributed by atoms with Crippen molar-refractivity contribution in [2.45, 2.75) is 33.6 Å². The molecule has 96 valence electrons. The fraction of sp³-hybridized carbons (Fsp3) is 0.917. The first-order valence-electron chi connectivity index (χ1n) is 5.79. The van der Waals surface area contributed by atoms with Crippen molar-refractivity contribution in [1.29, 1.82) is 0 Å². The molecule has 0 bridgehead atoms. The number of methoxy groups -OCH3 is 1. The van der Waals surface area contributed by atoms with Crippen molar-refractivity contribution >= 4 is 5.91 Å². The summed E-state index contributed by atoms with van der Waals surface area (Å²) >= 11 is 0. The molecule has 1 amide bonds. The van der Waals surface area contributed by atoms with Crippen LogP contribution >= 0.6 is 0 Å². The zero-order chi connectivity index (χ0) is 12.4. The maximum absolute atomic E-state index is 11.3. The van der Waals surface area contributed by atoms with Crippen molar-refractivity contribution in [2.75, 3.05) is 33.5 Å². The molecule has 0 aromatic heterocycles. The van der Waals surface area contributed by atoms with E-state index in [1.54, 1.807) is 7.11 Å². The van der Waals surface area contributed by atoms with Gasteiger partial charge in [0.1, 0.15) is 6.61 Å². The van der Waals surface area contributed by atoms with Gasteiger partial charge in [0.25, 0.3) is 0 Å². The van der Waals surface area contributed by atoms with Crippen molar-refractivity contribution in [3.63, 3.8) is 0 Å². The quantitative estimate of drug-likeness (QED) is 0.645. The van der Waals surface area contributed by atoms with Crippen LogP contribution in [-0.2, 0) is 14.3 Å². The Hall–Kier alpha value is -0.610. The van der Waals surface area contributed by atoms with Gasteiger partial charge in [0, 0.05) is 13.7 Å². The average molecular weight is 231 g/mol. The molecular formula is C12H25NO3. The van der Waals surface area contributed by atoms with Gasteiger partial charge in [0.05, 0.1) is 13.2 Å². The van der Waals surface area contributed by atoms with Crippen molar-refractivity contribution < 1.29 is 14.3 Å². The predicted molar refractivity (Wildman–Crippen MR) is 64.4 cm³/mol. The van der Waals surface area contributed by atoms with Gasteiger partial charge >= 0.3 is 0 Å². The molecule has 0 atom stereocenters. The summed E-state index contributed by atoms with van der Waals surface area (Å²) in [7, 11) is 1.61. The topological polar surface area (TPSA) is 47.6 Å². The van der Waals surface area contributed by atoms with E-state index in [-0.39, 0.29) is 12.5 Å². The molecule has 0 spiro atoms. The fourth-order valence-electron chi connectivity index (χ4n) is 1.20. The van der Waals surface area contributed by atoms with Gasteiger partial charge in [-0.2, -0.15) is 0 Å². The highest BCUT2D eigenvalue weighted by molar-refractivity contribution is 5.77. The molecule has 0 aromatic carbocycles. The molecule has 16 heavy (non-hydrogen) atoms. The second-order valence-corrected chi connectivity index (χ2v) is 5.06. The molecule has 0 aliphatic rings. The lowest BCUT2D eigenvalue weighted by Gasteiger charge is -2.17. The second-order valence-electron chi connectivity index (χ2n) is 5.06. The Morgan fingerprint density at radius 2 is 1.94 bits per heavy atom. The Morgan fingerprint density at radius 1 is 1.25 bits per heavy atom. The van der Waals surface area contributed by atoms with E-state index in [0.29, 0.717) is 18.6 Å². The van der Waals surface area contributed by atoms with Gasteiger partial charge in [-0.15, -0.1) is 0 Å². The summed E-state index contributed by atoms with van der Waals surface area (Å²) in [5, 5.41) is 2.83. The Bertz CT molecular complexity index is 187. The molecule has 0 aromatic rings. The van der Waals surface area contributed by atoms with Crippen molar-refractivity contribution in [3.05, 3.63) is 0 Å². The largest absolute Gasteiger partial charge is 0.382 e. The third-order valence-electron chi connectivity index (χ3n) is 2.09. The Balaban J connectivity index is 3.31. The first kappa shape index (κ1) is 15.4. The van der Waals surface area contributed by atoms with Gasteiger partial charge in [-0.3, -0.25) is 4.79 Å². The van der Waals surface area contributed by atoms with E-state index >= 15 is 0 Å². The maximum atomic E-state index is 11.3. The molecule has 0 saturated carbocycles. The van der Waals surface area contributed by atoms with E-state index in [9.17, 15) is 4.79 Å². The third-order valence-corrected chi connectivity index (χ3v) is 2.09. The SMILES string of the molecule is COCCOCC(=O)NCCCC(C)(C)C. The van der Waals surface area contributed by atoms with Crippen LogP contribution in [0.3, 0.4) is 0 Å². The van der Waals surface area contributed by atoms with Crippen LogP contribution in [0.4, 0.5) is 0 Å². The highest BCUT2D eigenvalue weighted by Crippen LogP contribution is 2.19. The fourth-order valence-corrected chi connectivity index (χ4v) is 1.20. The van der Waals surface area contributed by atoms with Gasteiger partial charge < -0.3 is 14.8 Å². The molecule has 0 radical (unpaired) electrons. The Kier molecular flexibility index (Phi) is 8.21. The summed E-state index contributed by atoms with van der Waals surface area (Å²) in [5.41, 5.74) is 0.333.